The van der Waals surface area contributed by atoms with E-state index in [-0.39, 0.29) is 10.6 Å². The smallest absolute Gasteiger partial charge is 0.274 e. The second-order valence-electron chi connectivity index (χ2n) is 5.22. The lowest BCUT2D eigenvalue weighted by Gasteiger charge is -2.30. The molecular weight excluding hydrogens is 228 g/mol. The average molecular weight is 248 g/mol. The lowest BCUT2D eigenvalue weighted by molar-refractivity contribution is -0.385. The summed E-state index contributed by atoms with van der Waals surface area (Å²) >= 11 is 0. The minimum atomic E-state index is -0.315. The molecule has 0 heterocycles. The molecule has 2 rings (SSSR count). The average Bonchev–Trinajstić information content (AvgIpc) is 2.34. The summed E-state index contributed by atoms with van der Waals surface area (Å²) in [7, 11) is 0. The van der Waals surface area contributed by atoms with E-state index in [4.69, 9.17) is 0 Å². The predicted molar refractivity (Wildman–Crippen MR) is 72.9 cm³/mol. The Morgan fingerprint density at radius 3 is 2.72 bits per heavy atom. The van der Waals surface area contributed by atoms with E-state index in [9.17, 15) is 10.1 Å². The summed E-state index contributed by atoms with van der Waals surface area (Å²) in [4.78, 5) is 10.6. The molecule has 0 aliphatic heterocycles. The van der Waals surface area contributed by atoms with Crippen LogP contribution in [0.5, 0.6) is 0 Å². The highest BCUT2D eigenvalue weighted by atomic mass is 16.6. The van der Waals surface area contributed by atoms with Crippen LogP contribution in [-0.2, 0) is 0 Å². The van der Waals surface area contributed by atoms with Crippen LogP contribution in [0.3, 0.4) is 0 Å². The maximum atomic E-state index is 10.9. The molecule has 4 nitrogen and oxygen atoms in total. The van der Waals surface area contributed by atoms with E-state index in [0.29, 0.717) is 12.0 Å². The Kier molecular flexibility index (Phi) is 3.84. The molecule has 1 N–H and O–H groups in total. The molecule has 98 valence electrons. The van der Waals surface area contributed by atoms with Gasteiger partial charge >= 0.3 is 0 Å². The molecule has 1 aliphatic carbocycles. The Morgan fingerprint density at radius 1 is 1.33 bits per heavy atom. The molecule has 0 aromatic heterocycles. The van der Waals surface area contributed by atoms with Gasteiger partial charge in [0.1, 0.15) is 0 Å². The number of nitrogens with one attached hydrogen (secondary N) is 1. The molecule has 0 amide bonds. The number of anilines is 1. The van der Waals surface area contributed by atoms with Crippen LogP contribution in [0.25, 0.3) is 0 Å². The van der Waals surface area contributed by atoms with E-state index < -0.39 is 0 Å². The third-order valence-corrected chi connectivity index (χ3v) is 3.95. The normalized spacial score (nSPS) is 23.7. The van der Waals surface area contributed by atoms with E-state index in [2.05, 4.69) is 12.2 Å². The molecule has 0 spiro atoms. The molecule has 1 aromatic carbocycles. The van der Waals surface area contributed by atoms with Gasteiger partial charge in [0.15, 0.2) is 0 Å². The summed E-state index contributed by atoms with van der Waals surface area (Å²) in [5.74, 6) is 0.636. The third-order valence-electron chi connectivity index (χ3n) is 3.95. The van der Waals surface area contributed by atoms with Crippen molar-refractivity contribution in [3.63, 3.8) is 0 Å². The summed E-state index contributed by atoms with van der Waals surface area (Å²) in [5, 5.41) is 14.4. The fourth-order valence-electron chi connectivity index (χ4n) is 2.71. The Morgan fingerprint density at radius 2 is 2.06 bits per heavy atom. The van der Waals surface area contributed by atoms with Crippen molar-refractivity contribution in [2.75, 3.05) is 5.32 Å². The Balaban J connectivity index is 2.18. The summed E-state index contributed by atoms with van der Waals surface area (Å²) in [5.41, 5.74) is 1.84. The summed E-state index contributed by atoms with van der Waals surface area (Å²) in [6.45, 7) is 4.07. The van der Waals surface area contributed by atoms with Gasteiger partial charge in [0.25, 0.3) is 5.69 Å². The number of hydrogen-bond donors (Lipinski definition) is 1. The first-order valence-corrected chi connectivity index (χ1v) is 6.60. The number of nitro benzene ring substituents is 1. The van der Waals surface area contributed by atoms with Crippen molar-refractivity contribution >= 4 is 11.4 Å². The molecule has 1 fully saturated rings. The summed E-state index contributed by atoms with van der Waals surface area (Å²) in [6, 6.07) is 5.69. The van der Waals surface area contributed by atoms with Gasteiger partial charge in [-0.25, -0.2) is 0 Å². The highest BCUT2D eigenvalue weighted by Crippen LogP contribution is 2.30. The standard InChI is InChI=1S/C14H20N2O2/c1-10-6-3-4-7-12(10)15-13-8-5-9-14(11(13)2)16(17)18/h5,8-10,12,15H,3-4,6-7H2,1-2H3. The van der Waals surface area contributed by atoms with E-state index in [1.165, 1.54) is 19.3 Å². The largest absolute Gasteiger partial charge is 0.382 e. The van der Waals surface area contributed by atoms with Gasteiger partial charge in [-0.2, -0.15) is 0 Å². The van der Waals surface area contributed by atoms with Gasteiger partial charge in [0, 0.05) is 23.4 Å². The Hall–Kier alpha value is -1.58. The number of rotatable bonds is 3. The highest BCUT2D eigenvalue weighted by molar-refractivity contribution is 5.60. The SMILES string of the molecule is Cc1c(NC2CCCCC2C)cccc1[N+](=O)[O-]. The van der Waals surface area contributed by atoms with Crippen molar-refractivity contribution in [3.8, 4) is 0 Å². The second kappa shape index (κ2) is 5.38. The van der Waals surface area contributed by atoms with Crippen molar-refractivity contribution in [2.24, 2.45) is 5.92 Å². The molecule has 1 aromatic rings. The molecular formula is C14H20N2O2. The van der Waals surface area contributed by atoms with E-state index in [0.717, 1.165) is 17.7 Å². The molecule has 0 saturated heterocycles. The fourth-order valence-corrected chi connectivity index (χ4v) is 2.71. The quantitative estimate of drug-likeness (QED) is 0.652. The van der Waals surface area contributed by atoms with E-state index in [1.54, 1.807) is 12.1 Å². The van der Waals surface area contributed by atoms with Crippen LogP contribution in [0.2, 0.25) is 0 Å². The first-order valence-electron chi connectivity index (χ1n) is 6.60. The molecule has 4 heteroatoms. The lowest BCUT2D eigenvalue weighted by Crippen LogP contribution is -2.30. The van der Waals surface area contributed by atoms with Gasteiger partial charge < -0.3 is 5.32 Å². The van der Waals surface area contributed by atoms with Crippen LogP contribution in [0, 0.1) is 23.0 Å². The molecule has 1 aliphatic rings. The number of nitrogens with zero attached hydrogens (tertiary/aromatic N) is 1. The van der Waals surface area contributed by atoms with Crippen LogP contribution in [-0.4, -0.2) is 11.0 Å². The molecule has 2 atom stereocenters. The number of nitro groups is 1. The summed E-state index contributed by atoms with van der Waals surface area (Å²) in [6.07, 6.45) is 4.94. The second-order valence-corrected chi connectivity index (χ2v) is 5.22. The molecule has 1 saturated carbocycles. The number of benzene rings is 1. The predicted octanol–water partition coefficient (Wildman–Crippen LogP) is 3.89. The molecule has 18 heavy (non-hydrogen) atoms. The van der Waals surface area contributed by atoms with Gasteiger partial charge in [-0.3, -0.25) is 10.1 Å². The van der Waals surface area contributed by atoms with E-state index in [1.807, 2.05) is 13.0 Å². The maximum Gasteiger partial charge on any atom is 0.274 e. The van der Waals surface area contributed by atoms with Crippen LogP contribution < -0.4 is 5.32 Å². The topological polar surface area (TPSA) is 55.2 Å². The third kappa shape index (κ3) is 2.63. The van der Waals surface area contributed by atoms with Crippen LogP contribution >= 0.6 is 0 Å². The van der Waals surface area contributed by atoms with Crippen molar-refractivity contribution < 1.29 is 4.92 Å². The zero-order valence-corrected chi connectivity index (χ0v) is 11.0. The zero-order chi connectivity index (χ0) is 13.1. The Labute approximate surface area is 108 Å². The summed E-state index contributed by atoms with van der Waals surface area (Å²) < 4.78 is 0. The minimum Gasteiger partial charge on any atom is -0.382 e. The monoisotopic (exact) mass is 248 g/mol. The van der Waals surface area contributed by atoms with Crippen LogP contribution in [0.4, 0.5) is 11.4 Å². The van der Waals surface area contributed by atoms with Gasteiger partial charge in [-0.15, -0.1) is 0 Å². The highest BCUT2D eigenvalue weighted by Gasteiger charge is 2.22. The van der Waals surface area contributed by atoms with Crippen molar-refractivity contribution in [3.05, 3.63) is 33.9 Å². The molecule has 0 radical (unpaired) electrons. The van der Waals surface area contributed by atoms with Crippen molar-refractivity contribution in [2.45, 2.75) is 45.6 Å². The molecule has 2 unspecified atom stereocenters. The van der Waals surface area contributed by atoms with Crippen molar-refractivity contribution in [1.82, 2.24) is 0 Å². The van der Waals surface area contributed by atoms with Gasteiger partial charge in [-0.1, -0.05) is 25.8 Å². The van der Waals surface area contributed by atoms with E-state index >= 15 is 0 Å². The fraction of sp³-hybridized carbons (Fsp3) is 0.571. The van der Waals surface area contributed by atoms with Gasteiger partial charge in [0.05, 0.1) is 4.92 Å². The van der Waals surface area contributed by atoms with Crippen molar-refractivity contribution in [1.29, 1.82) is 0 Å². The minimum absolute atomic E-state index is 0.198. The van der Waals surface area contributed by atoms with Crippen LogP contribution in [0.1, 0.15) is 38.2 Å². The van der Waals surface area contributed by atoms with Gasteiger partial charge in [0.2, 0.25) is 0 Å². The maximum absolute atomic E-state index is 10.9. The zero-order valence-electron chi connectivity index (χ0n) is 11.0. The molecule has 0 bridgehead atoms. The van der Waals surface area contributed by atoms with Crippen LogP contribution in [0.15, 0.2) is 18.2 Å². The first kappa shape index (κ1) is 12.9. The lowest BCUT2D eigenvalue weighted by atomic mass is 9.85. The first-order chi connectivity index (χ1) is 8.59. The number of hydrogen-bond acceptors (Lipinski definition) is 3. The van der Waals surface area contributed by atoms with Gasteiger partial charge in [-0.05, 0) is 31.7 Å². The Bertz CT molecular complexity index is 445.